The number of nitrogens with zero attached hydrogens (tertiary/aromatic N) is 5. The number of anilines is 1. The maximum Gasteiger partial charge on any atom is 0.265 e. The van der Waals surface area contributed by atoms with E-state index in [2.05, 4.69) is 29.8 Å². The highest BCUT2D eigenvalue weighted by Gasteiger charge is 2.16. The van der Waals surface area contributed by atoms with Crippen LogP contribution in [-0.4, -0.2) is 38.6 Å². The SMILES string of the molecule is Cc1cc(CNC(=O)c2snnc2C)nc(N2CCCCC2)n1. The molecule has 1 amide bonds. The maximum atomic E-state index is 12.1. The van der Waals surface area contributed by atoms with E-state index in [1.807, 2.05) is 13.0 Å². The highest BCUT2D eigenvalue weighted by atomic mass is 32.1. The quantitative estimate of drug-likeness (QED) is 0.920. The van der Waals surface area contributed by atoms with Gasteiger partial charge in [-0.2, -0.15) is 0 Å². The van der Waals surface area contributed by atoms with E-state index in [9.17, 15) is 4.79 Å². The van der Waals surface area contributed by atoms with Crippen LogP contribution in [0.25, 0.3) is 0 Å². The van der Waals surface area contributed by atoms with Gasteiger partial charge >= 0.3 is 0 Å². The lowest BCUT2D eigenvalue weighted by Crippen LogP contribution is -2.31. The molecule has 0 aromatic carbocycles. The Kier molecular flexibility index (Phi) is 4.80. The van der Waals surface area contributed by atoms with Crippen LogP contribution in [0.5, 0.6) is 0 Å². The minimum atomic E-state index is -0.159. The van der Waals surface area contributed by atoms with Crippen LogP contribution in [0.3, 0.4) is 0 Å². The molecule has 0 atom stereocenters. The molecular formula is C15H20N6OS. The zero-order valence-corrected chi connectivity index (χ0v) is 14.2. The summed E-state index contributed by atoms with van der Waals surface area (Å²) in [5, 5.41) is 6.74. The lowest BCUT2D eigenvalue weighted by atomic mass is 10.1. The fourth-order valence-electron chi connectivity index (χ4n) is 2.63. The molecule has 0 radical (unpaired) electrons. The Hall–Kier alpha value is -2.09. The number of carbonyl (C=O) groups excluding carboxylic acids is 1. The molecule has 0 bridgehead atoms. The zero-order valence-electron chi connectivity index (χ0n) is 13.4. The van der Waals surface area contributed by atoms with E-state index in [0.29, 0.717) is 17.1 Å². The largest absolute Gasteiger partial charge is 0.346 e. The van der Waals surface area contributed by atoms with E-state index < -0.39 is 0 Å². The van der Waals surface area contributed by atoms with Crippen molar-refractivity contribution in [3.8, 4) is 0 Å². The molecule has 3 heterocycles. The first-order valence-electron chi connectivity index (χ1n) is 7.80. The predicted molar refractivity (Wildman–Crippen MR) is 88.6 cm³/mol. The third kappa shape index (κ3) is 3.82. The second-order valence-electron chi connectivity index (χ2n) is 5.72. The van der Waals surface area contributed by atoms with E-state index in [0.717, 1.165) is 42.0 Å². The van der Waals surface area contributed by atoms with Crippen molar-refractivity contribution in [3.63, 3.8) is 0 Å². The highest BCUT2D eigenvalue weighted by molar-refractivity contribution is 7.07. The molecule has 0 aliphatic carbocycles. The average molecular weight is 332 g/mol. The number of piperidine rings is 1. The van der Waals surface area contributed by atoms with Crippen molar-refractivity contribution in [3.05, 3.63) is 28.0 Å². The molecule has 2 aromatic heterocycles. The van der Waals surface area contributed by atoms with Gasteiger partial charge in [-0.25, -0.2) is 9.97 Å². The summed E-state index contributed by atoms with van der Waals surface area (Å²) >= 11 is 1.11. The van der Waals surface area contributed by atoms with Gasteiger partial charge in [0.25, 0.3) is 5.91 Å². The summed E-state index contributed by atoms with van der Waals surface area (Å²) in [4.78, 5) is 24.0. The summed E-state index contributed by atoms with van der Waals surface area (Å²) < 4.78 is 3.79. The van der Waals surface area contributed by atoms with Gasteiger partial charge in [0.2, 0.25) is 5.95 Å². The molecule has 2 aromatic rings. The molecule has 0 spiro atoms. The molecule has 1 aliphatic heterocycles. The first-order valence-corrected chi connectivity index (χ1v) is 8.57. The summed E-state index contributed by atoms with van der Waals surface area (Å²) in [6, 6.07) is 1.91. The number of aromatic nitrogens is 4. The molecule has 3 rings (SSSR count). The van der Waals surface area contributed by atoms with Gasteiger partial charge in [-0.05, 0) is 50.7 Å². The average Bonchev–Trinajstić information content (AvgIpc) is 2.99. The van der Waals surface area contributed by atoms with Crippen molar-refractivity contribution in [1.29, 1.82) is 0 Å². The highest BCUT2D eigenvalue weighted by Crippen LogP contribution is 2.17. The van der Waals surface area contributed by atoms with Crippen LogP contribution in [-0.2, 0) is 6.54 Å². The standard InChI is InChI=1S/C15H20N6OS/c1-10-8-12(9-16-14(22)13-11(2)19-20-23-13)18-15(17-10)21-6-4-3-5-7-21/h8H,3-7,9H2,1-2H3,(H,16,22). The molecule has 1 saturated heterocycles. The Morgan fingerprint density at radius 1 is 1.26 bits per heavy atom. The van der Waals surface area contributed by atoms with E-state index in [4.69, 9.17) is 0 Å². The van der Waals surface area contributed by atoms with Crippen LogP contribution in [0.15, 0.2) is 6.07 Å². The Bertz CT molecular complexity index is 695. The van der Waals surface area contributed by atoms with Crippen molar-refractivity contribution in [1.82, 2.24) is 24.9 Å². The minimum Gasteiger partial charge on any atom is -0.346 e. The minimum absolute atomic E-state index is 0.159. The number of aryl methyl sites for hydroxylation is 2. The summed E-state index contributed by atoms with van der Waals surface area (Å²) in [5.74, 6) is 0.609. The number of amides is 1. The van der Waals surface area contributed by atoms with E-state index >= 15 is 0 Å². The van der Waals surface area contributed by atoms with Crippen LogP contribution in [0.2, 0.25) is 0 Å². The smallest absolute Gasteiger partial charge is 0.265 e. The molecule has 8 heteroatoms. The number of carbonyl (C=O) groups is 1. The molecule has 122 valence electrons. The molecule has 0 saturated carbocycles. The van der Waals surface area contributed by atoms with Crippen LogP contribution in [0, 0.1) is 13.8 Å². The maximum absolute atomic E-state index is 12.1. The third-order valence-electron chi connectivity index (χ3n) is 3.82. The topological polar surface area (TPSA) is 83.9 Å². The molecule has 1 N–H and O–H groups in total. The lowest BCUT2D eigenvalue weighted by Gasteiger charge is -2.27. The normalized spacial score (nSPS) is 14.8. The van der Waals surface area contributed by atoms with Gasteiger partial charge in [-0.15, -0.1) is 5.10 Å². The van der Waals surface area contributed by atoms with Gasteiger partial charge in [0, 0.05) is 18.8 Å². The first-order chi connectivity index (χ1) is 11.1. The van der Waals surface area contributed by atoms with Gasteiger partial charge in [0.05, 0.1) is 17.9 Å². The summed E-state index contributed by atoms with van der Waals surface area (Å²) in [6.45, 7) is 6.11. The predicted octanol–water partition coefficient (Wildman–Crippen LogP) is 1.87. The summed E-state index contributed by atoms with van der Waals surface area (Å²) in [7, 11) is 0. The second-order valence-corrected chi connectivity index (χ2v) is 6.47. The Morgan fingerprint density at radius 3 is 2.74 bits per heavy atom. The lowest BCUT2D eigenvalue weighted by molar-refractivity contribution is 0.0953. The van der Waals surface area contributed by atoms with Gasteiger partial charge in [-0.3, -0.25) is 4.79 Å². The monoisotopic (exact) mass is 332 g/mol. The van der Waals surface area contributed by atoms with Crippen molar-refractivity contribution in [2.75, 3.05) is 18.0 Å². The van der Waals surface area contributed by atoms with Crippen LogP contribution in [0.1, 0.15) is 46.0 Å². The van der Waals surface area contributed by atoms with Gasteiger partial charge < -0.3 is 10.2 Å². The first kappa shape index (κ1) is 15.8. The van der Waals surface area contributed by atoms with Crippen LogP contribution < -0.4 is 10.2 Å². The Labute approximate surface area is 139 Å². The van der Waals surface area contributed by atoms with E-state index in [1.54, 1.807) is 6.92 Å². The number of hydrogen-bond donors (Lipinski definition) is 1. The zero-order chi connectivity index (χ0) is 16.2. The Morgan fingerprint density at radius 2 is 2.04 bits per heavy atom. The van der Waals surface area contributed by atoms with Gasteiger partial charge in [0.1, 0.15) is 4.88 Å². The molecule has 1 aliphatic rings. The number of nitrogens with one attached hydrogen (secondary N) is 1. The molecule has 23 heavy (non-hydrogen) atoms. The van der Waals surface area contributed by atoms with Crippen molar-refractivity contribution in [2.24, 2.45) is 0 Å². The van der Waals surface area contributed by atoms with E-state index in [-0.39, 0.29) is 5.91 Å². The number of rotatable bonds is 4. The van der Waals surface area contributed by atoms with Gasteiger partial charge in [-0.1, -0.05) is 4.49 Å². The van der Waals surface area contributed by atoms with Gasteiger partial charge in [0.15, 0.2) is 0 Å². The van der Waals surface area contributed by atoms with Crippen molar-refractivity contribution < 1.29 is 4.79 Å². The third-order valence-corrected chi connectivity index (χ3v) is 4.65. The van der Waals surface area contributed by atoms with Crippen molar-refractivity contribution in [2.45, 2.75) is 39.7 Å². The second kappa shape index (κ2) is 6.99. The molecular weight excluding hydrogens is 312 g/mol. The molecule has 0 unspecified atom stereocenters. The number of hydrogen-bond acceptors (Lipinski definition) is 7. The summed E-state index contributed by atoms with van der Waals surface area (Å²) in [5.41, 5.74) is 2.39. The summed E-state index contributed by atoms with van der Waals surface area (Å²) in [6.07, 6.45) is 3.63. The molecule has 1 fully saturated rings. The van der Waals surface area contributed by atoms with Crippen molar-refractivity contribution >= 4 is 23.4 Å². The van der Waals surface area contributed by atoms with Crippen LogP contribution >= 0.6 is 11.5 Å². The van der Waals surface area contributed by atoms with Crippen LogP contribution in [0.4, 0.5) is 5.95 Å². The fourth-order valence-corrected chi connectivity index (χ4v) is 3.21. The Balaban J connectivity index is 1.69. The van der Waals surface area contributed by atoms with E-state index in [1.165, 1.54) is 19.3 Å². The fraction of sp³-hybridized carbons (Fsp3) is 0.533. The molecule has 7 nitrogen and oxygen atoms in total.